The number of hydrogen-bond donors (Lipinski definition) is 0. The van der Waals surface area contributed by atoms with Crippen molar-refractivity contribution in [2.45, 2.75) is 43.6 Å². The van der Waals surface area contributed by atoms with Gasteiger partial charge in [0.1, 0.15) is 0 Å². The molecule has 0 nitrogen and oxygen atoms in total. The van der Waals surface area contributed by atoms with Gasteiger partial charge in [0, 0.05) is 0 Å². The summed E-state index contributed by atoms with van der Waals surface area (Å²) < 4.78 is 6.46. The van der Waals surface area contributed by atoms with Gasteiger partial charge in [-0.15, -0.1) is 0 Å². The van der Waals surface area contributed by atoms with Crippen molar-refractivity contribution in [2.24, 2.45) is 0 Å². The third-order valence-electron chi connectivity index (χ3n) is 2.27. The van der Waals surface area contributed by atoms with Gasteiger partial charge in [0.15, 0.2) is 0 Å². The SMILES string of the molecule is I[Te]1(I)CCCC1.I[Te]1(I)CCCC1. The minimum atomic E-state index is -1.05. The number of halogens is 4. The second-order valence-electron chi connectivity index (χ2n) is 3.63. The molecule has 0 unspecified atom stereocenters. The summed E-state index contributed by atoms with van der Waals surface area (Å²) in [6.07, 6.45) is 6.14. The van der Waals surface area contributed by atoms with E-state index in [9.17, 15) is 0 Å². The molecule has 2 aliphatic rings. The Labute approximate surface area is 135 Å². The molecule has 0 radical (unpaired) electrons. The first-order valence-electron chi connectivity index (χ1n) is 4.77. The van der Waals surface area contributed by atoms with Crippen molar-refractivity contribution in [3.8, 4) is 0 Å². The number of hydrogen-bond acceptors (Lipinski definition) is 0. The van der Waals surface area contributed by atoms with E-state index in [-0.39, 0.29) is 0 Å². The van der Waals surface area contributed by atoms with Crippen LogP contribution in [0.5, 0.6) is 0 Å². The molecule has 0 bridgehead atoms. The van der Waals surface area contributed by atoms with Crippen molar-refractivity contribution >= 4 is 95.4 Å². The van der Waals surface area contributed by atoms with Gasteiger partial charge < -0.3 is 0 Å². The quantitative estimate of drug-likeness (QED) is 0.202. The van der Waals surface area contributed by atoms with Crippen molar-refractivity contribution in [1.82, 2.24) is 0 Å². The Morgan fingerprint density at radius 2 is 0.714 bits per heavy atom. The van der Waals surface area contributed by atoms with E-state index in [1.807, 2.05) is 0 Å². The molecular formula is C8H16I4Te2. The van der Waals surface area contributed by atoms with Crippen molar-refractivity contribution in [2.75, 3.05) is 0 Å². The van der Waals surface area contributed by atoms with Crippen LogP contribution in [0.2, 0.25) is 17.9 Å². The van der Waals surface area contributed by atoms with Gasteiger partial charge in [-0.1, -0.05) is 0 Å². The molecule has 0 spiro atoms. The average molecular weight is 875 g/mol. The monoisotopic (exact) mass is 880 g/mol. The molecule has 6 heteroatoms. The number of rotatable bonds is 0. The Kier molecular flexibility index (Phi) is 9.38. The molecule has 0 aromatic rings. The molecule has 2 rings (SSSR count). The molecule has 88 valence electrons. The van der Waals surface area contributed by atoms with Crippen LogP contribution < -0.4 is 0 Å². The molecule has 0 saturated carbocycles. The first-order valence-corrected chi connectivity index (χ1v) is 38.5. The Balaban J connectivity index is 0.000000140. The van der Waals surface area contributed by atoms with Crippen molar-refractivity contribution in [3.63, 3.8) is 0 Å². The van der Waals surface area contributed by atoms with E-state index in [1.165, 1.54) is 25.7 Å². The summed E-state index contributed by atoms with van der Waals surface area (Å²) in [6.45, 7) is 0. The summed E-state index contributed by atoms with van der Waals surface area (Å²) >= 11 is 11.0. The molecule has 2 fully saturated rings. The Morgan fingerprint density at radius 1 is 0.500 bits per heavy atom. The van der Waals surface area contributed by atoms with E-state index in [4.69, 9.17) is 0 Å². The van der Waals surface area contributed by atoms with E-state index < -0.39 is 20.6 Å². The normalized spacial score (nSPS) is 32.9. The third-order valence-corrected chi connectivity index (χ3v) is 36.0. The maximum absolute atomic E-state index is 2.74. The molecule has 14 heavy (non-hydrogen) atoms. The van der Waals surface area contributed by atoms with E-state index in [0.717, 1.165) is 0 Å². The van der Waals surface area contributed by atoms with Crippen molar-refractivity contribution in [3.05, 3.63) is 0 Å². The second kappa shape index (κ2) is 7.94. The van der Waals surface area contributed by atoms with Gasteiger partial charge in [-0.05, 0) is 0 Å². The van der Waals surface area contributed by atoms with Gasteiger partial charge in [0.05, 0.1) is 0 Å². The molecule has 0 atom stereocenters. The standard InChI is InChI=1S/2C4H8I2Te/c2*5-7(6)3-1-2-4-7/h2*1-4H2. The van der Waals surface area contributed by atoms with Crippen LogP contribution in [-0.2, 0) is 0 Å². The van der Waals surface area contributed by atoms with Gasteiger partial charge in [0.25, 0.3) is 0 Å². The molecule has 0 N–H and O–H groups in total. The fraction of sp³-hybridized carbons (Fsp3) is 1.00. The van der Waals surface area contributed by atoms with Crippen LogP contribution in [0, 0.1) is 0 Å². The fourth-order valence-corrected chi connectivity index (χ4v) is 26.5. The zero-order valence-electron chi connectivity index (χ0n) is 7.99. The topological polar surface area (TPSA) is 0 Å². The molecule has 0 aromatic carbocycles. The van der Waals surface area contributed by atoms with Crippen molar-refractivity contribution < 1.29 is 0 Å². The summed E-state index contributed by atoms with van der Waals surface area (Å²) in [5, 5.41) is 0. The molecule has 0 aliphatic carbocycles. The summed E-state index contributed by atoms with van der Waals surface area (Å²) in [6, 6.07) is 0. The first-order chi connectivity index (χ1) is 6.41. The van der Waals surface area contributed by atoms with Gasteiger partial charge in [0.2, 0.25) is 0 Å². The Hall–Kier alpha value is 4.50. The van der Waals surface area contributed by atoms with Crippen LogP contribution in [0.25, 0.3) is 0 Å². The molecule has 2 aliphatic heterocycles. The molecule has 2 saturated heterocycles. The summed E-state index contributed by atoms with van der Waals surface area (Å²) in [4.78, 5) is 0. The maximum atomic E-state index is 2.74. The van der Waals surface area contributed by atoms with E-state index in [1.54, 1.807) is 17.9 Å². The van der Waals surface area contributed by atoms with Gasteiger partial charge in [-0.2, -0.15) is 0 Å². The van der Waals surface area contributed by atoms with Crippen LogP contribution in [0.1, 0.15) is 25.7 Å². The molecular weight excluding hydrogens is 859 g/mol. The fourth-order valence-electron chi connectivity index (χ4n) is 1.46. The molecule has 0 amide bonds. The van der Waals surface area contributed by atoms with Crippen LogP contribution in [0.4, 0.5) is 0 Å². The van der Waals surface area contributed by atoms with E-state index in [2.05, 4.69) is 74.8 Å². The van der Waals surface area contributed by atoms with Crippen LogP contribution in [0.15, 0.2) is 0 Å². The van der Waals surface area contributed by atoms with Crippen LogP contribution in [0.3, 0.4) is 0 Å². The van der Waals surface area contributed by atoms with E-state index in [0.29, 0.717) is 0 Å². The Bertz CT molecular complexity index is 148. The predicted molar refractivity (Wildman–Crippen MR) is 105 cm³/mol. The second-order valence-corrected chi connectivity index (χ2v) is 84.1. The molecule has 2 heterocycles. The first kappa shape index (κ1) is 16.6. The Morgan fingerprint density at radius 3 is 0.786 bits per heavy atom. The summed E-state index contributed by atoms with van der Waals surface area (Å²) in [7, 11) is -2.11. The summed E-state index contributed by atoms with van der Waals surface area (Å²) in [5.41, 5.74) is 0. The van der Waals surface area contributed by atoms with Crippen LogP contribution in [-0.4, -0.2) is 20.6 Å². The summed E-state index contributed by atoms with van der Waals surface area (Å²) in [5.74, 6) is 0. The van der Waals surface area contributed by atoms with Gasteiger partial charge >= 0.3 is 139 Å². The van der Waals surface area contributed by atoms with Crippen LogP contribution >= 0.6 is 74.8 Å². The minimum absolute atomic E-state index is 1.05. The van der Waals surface area contributed by atoms with E-state index >= 15 is 0 Å². The molecule has 0 aromatic heterocycles. The predicted octanol–water partition coefficient (Wildman–Crippen LogP) is 6.18. The zero-order chi connectivity index (χ0) is 10.7. The van der Waals surface area contributed by atoms with Gasteiger partial charge in [-0.3, -0.25) is 0 Å². The third kappa shape index (κ3) is 7.83. The average Bonchev–Trinajstić information content (AvgIpc) is 2.60. The van der Waals surface area contributed by atoms with Crippen molar-refractivity contribution in [1.29, 1.82) is 0 Å². The van der Waals surface area contributed by atoms with Gasteiger partial charge in [-0.25, -0.2) is 0 Å². The zero-order valence-corrected chi connectivity index (χ0v) is 21.3.